The average Bonchev–Trinajstić information content (AvgIpc) is 2.41. The smallest absolute Gasteiger partial charge is 0.123 e. The van der Waals surface area contributed by atoms with Crippen LogP contribution in [0.4, 0.5) is 5.69 Å². The molecule has 0 heterocycles. The van der Waals surface area contributed by atoms with Crippen molar-refractivity contribution in [2.45, 2.75) is 31.4 Å². The number of ether oxygens (including phenoxy) is 1. The molecule has 0 aliphatic carbocycles. The first-order chi connectivity index (χ1) is 9.60. The molecule has 3 heteroatoms. The zero-order valence-electron chi connectivity index (χ0n) is 12.3. The summed E-state index contributed by atoms with van der Waals surface area (Å²) in [6, 6.07) is 12.4. The summed E-state index contributed by atoms with van der Waals surface area (Å²) < 4.78 is 5.66. The van der Waals surface area contributed by atoms with Gasteiger partial charge in [-0.2, -0.15) is 0 Å². The van der Waals surface area contributed by atoms with Gasteiger partial charge in [0.1, 0.15) is 5.75 Å². The van der Waals surface area contributed by atoms with Gasteiger partial charge in [0, 0.05) is 21.9 Å². The van der Waals surface area contributed by atoms with Crippen molar-refractivity contribution in [3.8, 4) is 5.75 Å². The largest absolute Gasteiger partial charge is 0.494 e. The summed E-state index contributed by atoms with van der Waals surface area (Å²) in [6.45, 7) is 6.94. The van der Waals surface area contributed by atoms with Crippen molar-refractivity contribution >= 4 is 17.4 Å². The topological polar surface area (TPSA) is 35.2 Å². The van der Waals surface area contributed by atoms with E-state index in [1.807, 2.05) is 36.9 Å². The van der Waals surface area contributed by atoms with Crippen LogP contribution in [0.1, 0.15) is 23.6 Å². The first kappa shape index (κ1) is 14.8. The second-order valence-corrected chi connectivity index (χ2v) is 5.87. The molecule has 20 heavy (non-hydrogen) atoms. The van der Waals surface area contributed by atoms with E-state index in [4.69, 9.17) is 10.5 Å². The van der Waals surface area contributed by atoms with Crippen LogP contribution < -0.4 is 10.5 Å². The third-order valence-corrected chi connectivity index (χ3v) is 4.32. The Morgan fingerprint density at radius 3 is 2.60 bits per heavy atom. The van der Waals surface area contributed by atoms with Crippen LogP contribution in [-0.4, -0.2) is 6.61 Å². The fourth-order valence-corrected chi connectivity index (χ4v) is 3.11. The van der Waals surface area contributed by atoms with E-state index in [1.54, 1.807) is 0 Å². The number of nitrogens with two attached hydrogens (primary N) is 1. The summed E-state index contributed by atoms with van der Waals surface area (Å²) in [7, 11) is 0. The Morgan fingerprint density at radius 1 is 1.10 bits per heavy atom. The van der Waals surface area contributed by atoms with Gasteiger partial charge in [-0.05, 0) is 50.6 Å². The lowest BCUT2D eigenvalue weighted by molar-refractivity contribution is 0.337. The van der Waals surface area contributed by atoms with Crippen molar-refractivity contribution in [2.75, 3.05) is 12.3 Å². The molecule has 2 N–H and O–H groups in total. The van der Waals surface area contributed by atoms with Gasteiger partial charge in [0.2, 0.25) is 0 Å². The normalized spacial score (nSPS) is 10.6. The molecular weight excluding hydrogens is 266 g/mol. The highest BCUT2D eigenvalue weighted by Gasteiger charge is 2.06. The lowest BCUT2D eigenvalue weighted by Crippen LogP contribution is -1.97. The standard InChI is InChI=1S/C17H21NOS/c1-4-19-16-7-6-15(18)10-14(16)11-20-17-8-5-12(2)9-13(17)3/h5-10H,4,11,18H2,1-3H3. The van der Waals surface area contributed by atoms with Crippen LogP contribution in [0.2, 0.25) is 0 Å². The molecule has 2 aromatic carbocycles. The van der Waals surface area contributed by atoms with Gasteiger partial charge >= 0.3 is 0 Å². The van der Waals surface area contributed by atoms with Crippen molar-refractivity contribution < 1.29 is 4.74 Å². The van der Waals surface area contributed by atoms with Gasteiger partial charge < -0.3 is 10.5 Å². The van der Waals surface area contributed by atoms with E-state index in [0.717, 1.165) is 22.8 Å². The molecule has 0 unspecified atom stereocenters. The van der Waals surface area contributed by atoms with Gasteiger partial charge in [-0.3, -0.25) is 0 Å². The highest BCUT2D eigenvalue weighted by Crippen LogP contribution is 2.31. The van der Waals surface area contributed by atoms with E-state index in [2.05, 4.69) is 32.0 Å². The fourth-order valence-electron chi connectivity index (χ4n) is 2.13. The van der Waals surface area contributed by atoms with Crippen LogP contribution in [0.3, 0.4) is 0 Å². The number of thioether (sulfide) groups is 1. The molecule has 0 spiro atoms. The third-order valence-electron chi connectivity index (χ3n) is 3.10. The molecule has 0 radical (unpaired) electrons. The molecule has 0 bridgehead atoms. The molecule has 2 aromatic rings. The maximum atomic E-state index is 5.88. The molecule has 2 rings (SSSR count). The molecule has 0 aliphatic rings. The zero-order chi connectivity index (χ0) is 14.5. The number of hydrogen-bond donors (Lipinski definition) is 1. The van der Waals surface area contributed by atoms with Gasteiger partial charge in [0.15, 0.2) is 0 Å². The SMILES string of the molecule is CCOc1ccc(N)cc1CSc1ccc(C)cc1C. The number of nitrogen functional groups attached to an aromatic ring is 1. The van der Waals surface area contributed by atoms with E-state index in [0.29, 0.717) is 6.61 Å². The molecule has 0 saturated heterocycles. The van der Waals surface area contributed by atoms with Crippen molar-refractivity contribution in [1.29, 1.82) is 0 Å². The Kier molecular flexibility index (Phi) is 4.96. The zero-order valence-corrected chi connectivity index (χ0v) is 13.1. The molecule has 0 aromatic heterocycles. The van der Waals surface area contributed by atoms with E-state index >= 15 is 0 Å². The predicted molar refractivity (Wildman–Crippen MR) is 87.5 cm³/mol. The van der Waals surface area contributed by atoms with Crippen molar-refractivity contribution in [3.63, 3.8) is 0 Å². The molecule has 106 valence electrons. The van der Waals surface area contributed by atoms with Crippen LogP contribution >= 0.6 is 11.8 Å². The summed E-state index contributed by atoms with van der Waals surface area (Å²) in [5, 5.41) is 0. The summed E-state index contributed by atoms with van der Waals surface area (Å²) in [5.74, 6) is 1.79. The van der Waals surface area contributed by atoms with Gasteiger partial charge in [0.05, 0.1) is 6.61 Å². The number of anilines is 1. The van der Waals surface area contributed by atoms with E-state index < -0.39 is 0 Å². The Hall–Kier alpha value is -1.61. The first-order valence-electron chi connectivity index (χ1n) is 6.81. The first-order valence-corrected chi connectivity index (χ1v) is 7.80. The Bertz CT molecular complexity index is 596. The Balaban J connectivity index is 2.15. The number of rotatable bonds is 5. The van der Waals surface area contributed by atoms with Crippen LogP contribution in [0, 0.1) is 13.8 Å². The lowest BCUT2D eigenvalue weighted by Gasteiger charge is -2.12. The summed E-state index contributed by atoms with van der Waals surface area (Å²) in [6.07, 6.45) is 0. The fraction of sp³-hybridized carbons (Fsp3) is 0.294. The molecule has 0 atom stereocenters. The van der Waals surface area contributed by atoms with Crippen molar-refractivity contribution in [3.05, 3.63) is 53.1 Å². The summed E-state index contributed by atoms with van der Waals surface area (Å²) in [4.78, 5) is 1.31. The van der Waals surface area contributed by atoms with Gasteiger partial charge in [-0.25, -0.2) is 0 Å². The minimum Gasteiger partial charge on any atom is -0.494 e. The Morgan fingerprint density at radius 2 is 1.90 bits per heavy atom. The number of hydrogen-bond acceptors (Lipinski definition) is 3. The Labute approximate surface area is 125 Å². The second kappa shape index (κ2) is 6.71. The molecule has 2 nitrogen and oxygen atoms in total. The van der Waals surface area contributed by atoms with Gasteiger partial charge in [-0.15, -0.1) is 11.8 Å². The van der Waals surface area contributed by atoms with Crippen LogP contribution in [0.5, 0.6) is 5.75 Å². The average molecular weight is 287 g/mol. The predicted octanol–water partition coefficient (Wildman–Crippen LogP) is 4.58. The van der Waals surface area contributed by atoms with E-state index in [9.17, 15) is 0 Å². The number of benzene rings is 2. The number of aryl methyl sites for hydroxylation is 2. The molecule has 0 amide bonds. The monoisotopic (exact) mass is 287 g/mol. The van der Waals surface area contributed by atoms with Crippen LogP contribution in [-0.2, 0) is 5.75 Å². The molecule has 0 saturated carbocycles. The lowest BCUT2D eigenvalue weighted by atomic mass is 10.2. The maximum Gasteiger partial charge on any atom is 0.123 e. The van der Waals surface area contributed by atoms with Gasteiger partial charge in [0.25, 0.3) is 0 Å². The van der Waals surface area contributed by atoms with E-state index in [1.165, 1.54) is 16.0 Å². The van der Waals surface area contributed by atoms with Crippen LogP contribution in [0.15, 0.2) is 41.3 Å². The molecule has 0 fully saturated rings. The quantitative estimate of drug-likeness (QED) is 0.646. The van der Waals surface area contributed by atoms with Gasteiger partial charge in [-0.1, -0.05) is 17.7 Å². The highest BCUT2D eigenvalue weighted by atomic mass is 32.2. The summed E-state index contributed by atoms with van der Waals surface area (Å²) >= 11 is 1.82. The third kappa shape index (κ3) is 3.70. The molecule has 0 aliphatic heterocycles. The van der Waals surface area contributed by atoms with Crippen molar-refractivity contribution in [1.82, 2.24) is 0 Å². The maximum absolute atomic E-state index is 5.88. The van der Waals surface area contributed by atoms with E-state index in [-0.39, 0.29) is 0 Å². The summed E-state index contributed by atoms with van der Waals surface area (Å²) in [5.41, 5.74) is 10.4. The highest BCUT2D eigenvalue weighted by molar-refractivity contribution is 7.98. The minimum absolute atomic E-state index is 0.672. The minimum atomic E-state index is 0.672. The van der Waals surface area contributed by atoms with Crippen LogP contribution in [0.25, 0.3) is 0 Å². The van der Waals surface area contributed by atoms with Crippen molar-refractivity contribution in [2.24, 2.45) is 0 Å². The second-order valence-electron chi connectivity index (χ2n) is 4.86. The molecular formula is C17H21NOS.